The van der Waals surface area contributed by atoms with Crippen molar-refractivity contribution in [1.82, 2.24) is 9.97 Å². The van der Waals surface area contributed by atoms with Gasteiger partial charge in [0.2, 0.25) is 5.91 Å². The number of sulfone groups is 1. The summed E-state index contributed by atoms with van der Waals surface area (Å²) < 4.78 is 21.9. The molecule has 10 heteroatoms. The predicted molar refractivity (Wildman–Crippen MR) is 73.0 cm³/mol. The van der Waals surface area contributed by atoms with Crippen LogP contribution >= 0.6 is 23.2 Å². The third-order valence-electron chi connectivity index (χ3n) is 2.12. The number of nitrogens with two attached hydrogens (primary N) is 1. The zero-order valence-corrected chi connectivity index (χ0v) is 12.3. The Balaban J connectivity index is 2.67. The van der Waals surface area contributed by atoms with E-state index in [0.29, 0.717) is 0 Å². The van der Waals surface area contributed by atoms with Crippen LogP contribution in [0.2, 0.25) is 10.2 Å². The number of nitrogens with zero attached hydrogens (tertiary/aromatic N) is 2. The lowest BCUT2D eigenvalue weighted by Crippen LogP contribution is -2.37. The van der Waals surface area contributed by atoms with Gasteiger partial charge in [0.25, 0.3) is 0 Å². The van der Waals surface area contributed by atoms with Crippen LogP contribution in [-0.2, 0) is 14.6 Å². The minimum absolute atomic E-state index is 0.00109. The molecule has 3 N–H and O–H groups in total. The van der Waals surface area contributed by atoms with Crippen LogP contribution in [0.25, 0.3) is 0 Å². The van der Waals surface area contributed by atoms with Gasteiger partial charge in [-0.15, -0.1) is 0 Å². The number of carbonyl (C=O) groups is 1. The molecule has 1 atom stereocenters. The number of anilines is 1. The van der Waals surface area contributed by atoms with Crippen LogP contribution in [0.1, 0.15) is 6.42 Å². The number of aromatic nitrogens is 2. The topological polar surface area (TPSA) is 115 Å². The molecule has 0 spiro atoms. The lowest BCUT2D eigenvalue weighted by molar-refractivity contribution is -0.117. The second kappa shape index (κ2) is 6.47. The number of halogens is 2. The molecule has 106 valence electrons. The van der Waals surface area contributed by atoms with E-state index in [0.717, 1.165) is 12.6 Å². The molecule has 19 heavy (non-hydrogen) atoms. The van der Waals surface area contributed by atoms with Gasteiger partial charge in [-0.25, -0.2) is 18.4 Å². The molecule has 0 bridgehead atoms. The van der Waals surface area contributed by atoms with Crippen LogP contribution in [0.4, 0.5) is 5.82 Å². The standard InChI is InChI=1S/C9H12Cl2N4O3S/c1-19(17,18)3-2-5(12)9(16)15-8-6(10)7(11)13-4-14-8/h4-5H,2-3,12H2,1H3,(H,13,14,15,16). The highest BCUT2D eigenvalue weighted by molar-refractivity contribution is 7.90. The van der Waals surface area contributed by atoms with Crippen molar-refractivity contribution in [3.05, 3.63) is 16.5 Å². The highest BCUT2D eigenvalue weighted by Gasteiger charge is 2.18. The highest BCUT2D eigenvalue weighted by atomic mass is 35.5. The van der Waals surface area contributed by atoms with E-state index < -0.39 is 21.8 Å². The molecule has 1 rings (SSSR count). The minimum Gasteiger partial charge on any atom is -0.320 e. The van der Waals surface area contributed by atoms with Crippen molar-refractivity contribution in [3.63, 3.8) is 0 Å². The van der Waals surface area contributed by atoms with Gasteiger partial charge >= 0.3 is 0 Å². The first-order valence-corrected chi connectivity index (χ1v) is 7.92. The van der Waals surface area contributed by atoms with E-state index in [1.165, 1.54) is 0 Å². The maximum Gasteiger partial charge on any atom is 0.242 e. The van der Waals surface area contributed by atoms with Crippen molar-refractivity contribution < 1.29 is 13.2 Å². The van der Waals surface area contributed by atoms with Crippen molar-refractivity contribution in [2.75, 3.05) is 17.3 Å². The first-order valence-electron chi connectivity index (χ1n) is 5.11. The average Bonchev–Trinajstić information content (AvgIpc) is 2.31. The van der Waals surface area contributed by atoms with Gasteiger partial charge in [-0.3, -0.25) is 4.79 Å². The zero-order valence-electron chi connectivity index (χ0n) is 9.93. The van der Waals surface area contributed by atoms with Gasteiger partial charge in [-0.1, -0.05) is 23.2 Å². The quantitative estimate of drug-likeness (QED) is 0.760. The fraction of sp³-hybridized carbons (Fsp3) is 0.444. The van der Waals surface area contributed by atoms with E-state index in [9.17, 15) is 13.2 Å². The fourth-order valence-corrected chi connectivity index (χ4v) is 2.08. The lowest BCUT2D eigenvalue weighted by atomic mass is 10.2. The van der Waals surface area contributed by atoms with Gasteiger partial charge < -0.3 is 11.1 Å². The summed E-state index contributed by atoms with van der Waals surface area (Å²) in [6, 6.07) is -0.987. The number of carbonyl (C=O) groups excluding carboxylic acids is 1. The summed E-state index contributed by atoms with van der Waals surface area (Å²) in [6.07, 6.45) is 2.20. The van der Waals surface area contributed by atoms with Crippen molar-refractivity contribution in [2.45, 2.75) is 12.5 Å². The third kappa shape index (κ3) is 5.27. The first-order chi connectivity index (χ1) is 8.70. The van der Waals surface area contributed by atoms with E-state index in [1.54, 1.807) is 0 Å². The molecule has 0 aliphatic rings. The maximum atomic E-state index is 11.7. The van der Waals surface area contributed by atoms with Crippen LogP contribution < -0.4 is 11.1 Å². The Kier molecular flexibility index (Phi) is 5.48. The molecular formula is C9H12Cl2N4O3S. The van der Waals surface area contributed by atoms with Crippen molar-refractivity contribution >= 4 is 44.8 Å². The van der Waals surface area contributed by atoms with E-state index in [1.807, 2.05) is 0 Å². The number of nitrogens with one attached hydrogen (secondary N) is 1. The Morgan fingerprint density at radius 1 is 1.47 bits per heavy atom. The Hall–Kier alpha value is -0.960. The van der Waals surface area contributed by atoms with Crippen molar-refractivity contribution in [3.8, 4) is 0 Å². The van der Waals surface area contributed by atoms with E-state index in [-0.39, 0.29) is 28.2 Å². The van der Waals surface area contributed by atoms with E-state index in [4.69, 9.17) is 28.9 Å². The highest BCUT2D eigenvalue weighted by Crippen LogP contribution is 2.25. The van der Waals surface area contributed by atoms with Crippen molar-refractivity contribution in [2.24, 2.45) is 5.73 Å². The van der Waals surface area contributed by atoms with Gasteiger partial charge in [-0.05, 0) is 6.42 Å². The van der Waals surface area contributed by atoms with Crippen LogP contribution in [0.15, 0.2) is 6.33 Å². The summed E-state index contributed by atoms with van der Waals surface area (Å²) in [5, 5.41) is 2.35. The Morgan fingerprint density at radius 2 is 2.11 bits per heavy atom. The smallest absolute Gasteiger partial charge is 0.242 e. The Morgan fingerprint density at radius 3 is 2.68 bits per heavy atom. The molecule has 0 aliphatic carbocycles. The maximum absolute atomic E-state index is 11.7. The second-order valence-corrected chi connectivity index (χ2v) is 6.84. The lowest BCUT2D eigenvalue weighted by Gasteiger charge is -2.12. The molecule has 1 amide bonds. The van der Waals surface area contributed by atoms with E-state index in [2.05, 4.69) is 15.3 Å². The van der Waals surface area contributed by atoms with Gasteiger partial charge in [0.15, 0.2) is 11.0 Å². The molecule has 1 heterocycles. The second-order valence-electron chi connectivity index (χ2n) is 3.84. The monoisotopic (exact) mass is 326 g/mol. The molecule has 7 nitrogen and oxygen atoms in total. The first kappa shape index (κ1) is 16.1. The number of hydrogen-bond donors (Lipinski definition) is 2. The van der Waals surface area contributed by atoms with Crippen LogP contribution in [0.3, 0.4) is 0 Å². The van der Waals surface area contributed by atoms with Crippen LogP contribution in [0.5, 0.6) is 0 Å². The van der Waals surface area contributed by atoms with E-state index >= 15 is 0 Å². The summed E-state index contributed by atoms with van der Waals surface area (Å²) in [5.41, 5.74) is 5.56. The molecule has 0 saturated heterocycles. The molecule has 1 aromatic rings. The summed E-state index contributed by atoms with van der Waals surface area (Å²) in [6.45, 7) is 0. The normalized spacial score (nSPS) is 13.1. The summed E-state index contributed by atoms with van der Waals surface area (Å²) in [5.74, 6) is -0.748. The molecule has 0 saturated carbocycles. The van der Waals surface area contributed by atoms with Crippen molar-refractivity contribution in [1.29, 1.82) is 0 Å². The molecule has 0 aromatic carbocycles. The third-order valence-corrected chi connectivity index (χ3v) is 3.84. The average molecular weight is 327 g/mol. The van der Waals surface area contributed by atoms with Crippen LogP contribution in [0, 0.1) is 0 Å². The molecule has 0 radical (unpaired) electrons. The van der Waals surface area contributed by atoms with Crippen LogP contribution in [-0.4, -0.2) is 42.3 Å². The molecule has 1 aromatic heterocycles. The number of hydrogen-bond acceptors (Lipinski definition) is 6. The summed E-state index contributed by atoms with van der Waals surface area (Å²) in [4.78, 5) is 19.1. The van der Waals surface area contributed by atoms with Gasteiger partial charge in [0.1, 0.15) is 21.2 Å². The minimum atomic E-state index is -3.17. The number of amides is 1. The molecule has 0 fully saturated rings. The molecule has 1 unspecified atom stereocenters. The SMILES string of the molecule is CS(=O)(=O)CCC(N)C(=O)Nc1ncnc(Cl)c1Cl. The van der Waals surface area contributed by atoms with Gasteiger partial charge in [0, 0.05) is 6.26 Å². The van der Waals surface area contributed by atoms with Gasteiger partial charge in [0.05, 0.1) is 11.8 Å². The molecular weight excluding hydrogens is 315 g/mol. The Labute approximate surface area is 120 Å². The molecule has 0 aliphatic heterocycles. The van der Waals surface area contributed by atoms with Gasteiger partial charge in [-0.2, -0.15) is 0 Å². The fourth-order valence-electron chi connectivity index (χ4n) is 1.12. The Bertz CT molecular complexity index is 579. The summed E-state index contributed by atoms with van der Waals surface area (Å²) in [7, 11) is -3.17. The number of rotatable bonds is 5. The summed E-state index contributed by atoms with van der Waals surface area (Å²) >= 11 is 11.4. The predicted octanol–water partition coefficient (Wildman–Crippen LogP) is 0.484. The largest absolute Gasteiger partial charge is 0.320 e. The zero-order chi connectivity index (χ0) is 14.6.